The summed E-state index contributed by atoms with van der Waals surface area (Å²) in [4.78, 5) is 16.8. The van der Waals surface area contributed by atoms with Gasteiger partial charge in [-0.1, -0.05) is 11.6 Å². The summed E-state index contributed by atoms with van der Waals surface area (Å²) in [5, 5.41) is 3.21. The van der Waals surface area contributed by atoms with E-state index in [4.69, 9.17) is 16.3 Å². The van der Waals surface area contributed by atoms with Crippen molar-refractivity contribution in [1.29, 1.82) is 0 Å². The standard InChI is InChI=1S/C19H25ClN4O4S/c1-13(2)23-11-18(21-12-23)29(26,27)24-8-4-5-14(10-24)19(25)22-15-6-7-17(28-3)16(20)9-15/h6-7,9,11-14H,4-5,8,10H2,1-3H3,(H,22,25)/t14-/m0/s1. The van der Waals surface area contributed by atoms with E-state index in [1.54, 1.807) is 22.8 Å². The molecule has 1 amide bonds. The molecule has 1 N–H and O–H groups in total. The van der Waals surface area contributed by atoms with E-state index in [1.807, 2.05) is 13.8 Å². The predicted octanol–water partition coefficient (Wildman–Crippen LogP) is 3.17. The molecule has 1 aliphatic heterocycles. The zero-order valence-corrected chi connectivity index (χ0v) is 18.2. The Morgan fingerprint density at radius 3 is 2.76 bits per heavy atom. The number of sulfonamides is 1. The number of hydrogen-bond donors (Lipinski definition) is 1. The molecule has 0 radical (unpaired) electrons. The van der Waals surface area contributed by atoms with Crippen molar-refractivity contribution in [3.8, 4) is 5.75 Å². The van der Waals surface area contributed by atoms with Crippen LogP contribution in [0.25, 0.3) is 0 Å². The van der Waals surface area contributed by atoms with Crippen LogP contribution in [0.3, 0.4) is 0 Å². The van der Waals surface area contributed by atoms with Crippen LogP contribution in [0, 0.1) is 5.92 Å². The highest BCUT2D eigenvalue weighted by Gasteiger charge is 2.34. The molecule has 0 unspecified atom stereocenters. The van der Waals surface area contributed by atoms with Crippen LogP contribution < -0.4 is 10.1 Å². The van der Waals surface area contributed by atoms with Crippen molar-refractivity contribution in [3.63, 3.8) is 0 Å². The van der Waals surface area contributed by atoms with Crippen LogP contribution in [-0.4, -0.2) is 48.4 Å². The summed E-state index contributed by atoms with van der Waals surface area (Å²) in [6.07, 6.45) is 4.26. The summed E-state index contributed by atoms with van der Waals surface area (Å²) >= 11 is 6.10. The Morgan fingerprint density at radius 2 is 2.14 bits per heavy atom. The van der Waals surface area contributed by atoms with Crippen LogP contribution in [0.2, 0.25) is 5.02 Å². The van der Waals surface area contributed by atoms with Crippen LogP contribution in [0.15, 0.2) is 35.7 Å². The van der Waals surface area contributed by atoms with Gasteiger partial charge >= 0.3 is 0 Å². The second kappa shape index (κ2) is 8.73. The number of hydrogen-bond acceptors (Lipinski definition) is 5. The van der Waals surface area contributed by atoms with Crippen molar-refractivity contribution in [2.45, 2.75) is 37.8 Å². The quantitative estimate of drug-likeness (QED) is 0.744. The number of nitrogens with zero attached hydrogens (tertiary/aromatic N) is 3. The molecule has 29 heavy (non-hydrogen) atoms. The molecule has 1 fully saturated rings. The molecule has 8 nitrogen and oxygen atoms in total. The van der Waals surface area contributed by atoms with Gasteiger partial charge in [-0.2, -0.15) is 4.31 Å². The highest BCUT2D eigenvalue weighted by Crippen LogP contribution is 2.29. The molecule has 0 bridgehead atoms. The van der Waals surface area contributed by atoms with Crippen molar-refractivity contribution in [2.75, 3.05) is 25.5 Å². The third kappa shape index (κ3) is 4.73. The Balaban J connectivity index is 1.70. The lowest BCUT2D eigenvalue weighted by Gasteiger charge is -2.30. The number of amides is 1. The maximum Gasteiger partial charge on any atom is 0.262 e. The minimum Gasteiger partial charge on any atom is -0.495 e. The van der Waals surface area contributed by atoms with Gasteiger partial charge in [0.15, 0.2) is 5.03 Å². The second-order valence-corrected chi connectivity index (χ2v) is 9.59. The number of rotatable bonds is 6. The molecular weight excluding hydrogens is 416 g/mol. The van der Waals surface area contributed by atoms with Gasteiger partial charge in [-0.15, -0.1) is 0 Å². The maximum atomic E-state index is 13.0. The molecule has 1 saturated heterocycles. The van der Waals surface area contributed by atoms with Gasteiger partial charge < -0.3 is 14.6 Å². The van der Waals surface area contributed by atoms with Gasteiger partial charge in [0.25, 0.3) is 10.0 Å². The fraction of sp³-hybridized carbons (Fsp3) is 0.474. The molecule has 1 atom stereocenters. The van der Waals surface area contributed by atoms with Crippen LogP contribution >= 0.6 is 11.6 Å². The van der Waals surface area contributed by atoms with Gasteiger partial charge in [0.2, 0.25) is 5.91 Å². The topological polar surface area (TPSA) is 93.5 Å². The van der Waals surface area contributed by atoms with E-state index in [9.17, 15) is 13.2 Å². The molecule has 158 valence electrons. The van der Waals surface area contributed by atoms with Gasteiger partial charge in [-0.05, 0) is 44.9 Å². The van der Waals surface area contributed by atoms with Gasteiger partial charge in [0, 0.05) is 31.0 Å². The van der Waals surface area contributed by atoms with E-state index < -0.39 is 15.9 Å². The van der Waals surface area contributed by atoms with E-state index in [0.29, 0.717) is 35.8 Å². The lowest BCUT2D eigenvalue weighted by Crippen LogP contribution is -2.43. The van der Waals surface area contributed by atoms with Crippen LogP contribution in [0.5, 0.6) is 5.75 Å². The number of ether oxygens (including phenoxy) is 1. The number of methoxy groups -OCH3 is 1. The first kappa shape index (κ1) is 21.6. The first-order chi connectivity index (χ1) is 13.7. The largest absolute Gasteiger partial charge is 0.495 e. The zero-order chi connectivity index (χ0) is 21.2. The fourth-order valence-electron chi connectivity index (χ4n) is 3.23. The van der Waals surface area contributed by atoms with Crippen LogP contribution in [0.1, 0.15) is 32.7 Å². The third-order valence-electron chi connectivity index (χ3n) is 4.95. The monoisotopic (exact) mass is 440 g/mol. The molecule has 3 rings (SSSR count). The highest BCUT2D eigenvalue weighted by molar-refractivity contribution is 7.89. The Kier molecular flexibility index (Phi) is 6.50. The molecule has 0 spiro atoms. The van der Waals surface area contributed by atoms with E-state index in [2.05, 4.69) is 10.3 Å². The molecule has 1 aliphatic rings. The molecule has 2 heterocycles. The van der Waals surface area contributed by atoms with E-state index in [0.717, 1.165) is 0 Å². The lowest BCUT2D eigenvalue weighted by atomic mass is 9.98. The van der Waals surface area contributed by atoms with E-state index in [1.165, 1.54) is 23.9 Å². The first-order valence-corrected chi connectivity index (χ1v) is 11.2. The Morgan fingerprint density at radius 1 is 1.38 bits per heavy atom. The molecule has 2 aromatic rings. The third-order valence-corrected chi connectivity index (χ3v) is 7.00. The number of benzene rings is 1. The maximum absolute atomic E-state index is 13.0. The number of anilines is 1. The number of piperidine rings is 1. The van der Waals surface area contributed by atoms with Crippen LogP contribution in [0.4, 0.5) is 5.69 Å². The Bertz CT molecular complexity index is 990. The summed E-state index contributed by atoms with van der Waals surface area (Å²) in [6.45, 7) is 4.39. The summed E-state index contributed by atoms with van der Waals surface area (Å²) in [6, 6.07) is 5.08. The molecule has 0 aliphatic carbocycles. The predicted molar refractivity (Wildman–Crippen MR) is 111 cm³/mol. The summed E-state index contributed by atoms with van der Waals surface area (Å²) in [7, 11) is -2.23. The van der Waals surface area contributed by atoms with Crippen molar-refractivity contribution in [3.05, 3.63) is 35.7 Å². The number of carbonyl (C=O) groups excluding carboxylic acids is 1. The second-order valence-electron chi connectivity index (χ2n) is 7.29. The molecule has 1 aromatic carbocycles. The first-order valence-electron chi connectivity index (χ1n) is 9.40. The summed E-state index contributed by atoms with van der Waals surface area (Å²) in [5.41, 5.74) is 0.538. The molecular formula is C19H25ClN4O4S. The Labute approximate surface area is 175 Å². The van der Waals surface area contributed by atoms with Crippen molar-refractivity contribution in [2.24, 2.45) is 5.92 Å². The number of aromatic nitrogens is 2. The van der Waals surface area contributed by atoms with Gasteiger partial charge in [0.05, 0.1) is 24.4 Å². The zero-order valence-electron chi connectivity index (χ0n) is 16.6. The average molecular weight is 441 g/mol. The normalized spacial score (nSPS) is 18.0. The van der Waals surface area contributed by atoms with Crippen LogP contribution in [-0.2, 0) is 14.8 Å². The van der Waals surface area contributed by atoms with Crippen molar-refractivity contribution < 1.29 is 17.9 Å². The summed E-state index contributed by atoms with van der Waals surface area (Å²) < 4.78 is 34.1. The van der Waals surface area contributed by atoms with Crippen molar-refractivity contribution in [1.82, 2.24) is 13.9 Å². The van der Waals surface area contributed by atoms with Gasteiger partial charge in [-0.3, -0.25) is 4.79 Å². The SMILES string of the molecule is COc1ccc(NC(=O)[C@H]2CCCN(S(=O)(=O)c3cn(C(C)C)cn3)C2)cc1Cl. The number of halogens is 1. The fourth-order valence-corrected chi connectivity index (χ4v) is 4.93. The molecule has 10 heteroatoms. The smallest absolute Gasteiger partial charge is 0.262 e. The van der Waals surface area contributed by atoms with E-state index >= 15 is 0 Å². The minimum absolute atomic E-state index is 0.00851. The van der Waals surface area contributed by atoms with E-state index in [-0.39, 0.29) is 23.5 Å². The Hall–Kier alpha value is -2.10. The number of nitrogens with one attached hydrogen (secondary N) is 1. The van der Waals surface area contributed by atoms with Gasteiger partial charge in [-0.25, -0.2) is 13.4 Å². The highest BCUT2D eigenvalue weighted by atomic mass is 35.5. The summed E-state index contributed by atoms with van der Waals surface area (Å²) in [5.74, 6) is -0.175. The average Bonchev–Trinajstić information content (AvgIpc) is 3.20. The molecule has 1 aromatic heterocycles. The minimum atomic E-state index is -3.75. The van der Waals surface area contributed by atoms with Crippen molar-refractivity contribution >= 4 is 33.2 Å². The molecule has 0 saturated carbocycles. The number of carbonyl (C=O) groups is 1. The number of imidazole rings is 1. The lowest BCUT2D eigenvalue weighted by molar-refractivity contribution is -0.120. The van der Waals surface area contributed by atoms with Gasteiger partial charge in [0.1, 0.15) is 5.75 Å².